The van der Waals surface area contributed by atoms with Gasteiger partial charge >= 0.3 is 6.18 Å². The number of nitrogens with one attached hydrogen (secondary N) is 1. The Morgan fingerprint density at radius 2 is 1.64 bits per heavy atom. The molecule has 1 fully saturated rings. The average Bonchev–Trinajstić information content (AvgIpc) is 2.65. The molecule has 0 spiro atoms. The molecule has 8 heteroatoms. The van der Waals surface area contributed by atoms with Gasteiger partial charge in [0.25, 0.3) is 0 Å². The smallest absolute Gasteiger partial charge is 0.324 e. The maximum atomic E-state index is 12.8. The van der Waals surface area contributed by atoms with Crippen molar-refractivity contribution in [3.63, 3.8) is 0 Å². The van der Waals surface area contributed by atoms with Crippen LogP contribution in [0.3, 0.4) is 0 Å². The van der Waals surface area contributed by atoms with E-state index in [0.717, 1.165) is 50.9 Å². The first-order valence-electron chi connectivity index (χ1n) is 8.96. The predicted octanol–water partition coefficient (Wildman–Crippen LogP) is 4.12. The Bertz CT molecular complexity index is 806. The largest absolute Gasteiger partial charge is 0.416 e. The molecule has 0 saturated carbocycles. The van der Waals surface area contributed by atoms with Gasteiger partial charge in [-0.2, -0.15) is 13.2 Å². The molecule has 0 aromatic heterocycles. The van der Waals surface area contributed by atoms with Crippen LogP contribution in [0.15, 0.2) is 48.5 Å². The second kappa shape index (κ2) is 8.94. The Morgan fingerprint density at radius 3 is 2.29 bits per heavy atom. The van der Waals surface area contributed by atoms with Gasteiger partial charge in [0.2, 0.25) is 5.91 Å². The Kier molecular flexibility index (Phi) is 6.59. The summed E-state index contributed by atoms with van der Waals surface area (Å²) in [5.41, 5.74) is 0.374. The fourth-order valence-corrected chi connectivity index (χ4v) is 3.30. The van der Waals surface area contributed by atoms with Gasteiger partial charge in [0, 0.05) is 32.7 Å². The van der Waals surface area contributed by atoms with Crippen LogP contribution in [0.25, 0.3) is 0 Å². The lowest BCUT2D eigenvalue weighted by Crippen LogP contribution is -2.48. The number of benzene rings is 2. The van der Waals surface area contributed by atoms with Crippen LogP contribution in [0, 0.1) is 0 Å². The van der Waals surface area contributed by atoms with E-state index in [1.807, 2.05) is 23.1 Å². The highest BCUT2D eigenvalue weighted by atomic mass is 35.5. The zero-order chi connectivity index (χ0) is 20.1. The normalized spacial score (nSPS) is 16.1. The summed E-state index contributed by atoms with van der Waals surface area (Å²) in [6, 6.07) is 13.1. The summed E-state index contributed by atoms with van der Waals surface area (Å²) in [6.45, 7) is 4.07. The van der Waals surface area contributed by atoms with Crippen LogP contribution >= 0.6 is 11.6 Å². The summed E-state index contributed by atoms with van der Waals surface area (Å²) in [5, 5.41) is 2.57. The van der Waals surface area contributed by atoms with Gasteiger partial charge in [-0.15, -0.1) is 0 Å². The van der Waals surface area contributed by atoms with E-state index in [-0.39, 0.29) is 23.2 Å². The molecule has 2 aromatic rings. The SMILES string of the molecule is O=C(CN1CCN(Cc2ccccc2)CC1)Nc1cc(C(F)(F)F)ccc1Cl. The number of rotatable bonds is 5. The number of halogens is 4. The average molecular weight is 412 g/mol. The van der Waals surface area contributed by atoms with Crippen LogP contribution in [0.1, 0.15) is 11.1 Å². The highest BCUT2D eigenvalue weighted by Gasteiger charge is 2.31. The van der Waals surface area contributed by atoms with Gasteiger partial charge in [0.1, 0.15) is 0 Å². The van der Waals surface area contributed by atoms with Crippen LogP contribution in [0.2, 0.25) is 5.02 Å². The van der Waals surface area contributed by atoms with Crippen LogP contribution in [0.4, 0.5) is 18.9 Å². The van der Waals surface area contributed by atoms with Gasteiger partial charge in [-0.25, -0.2) is 0 Å². The highest BCUT2D eigenvalue weighted by molar-refractivity contribution is 6.33. The van der Waals surface area contributed by atoms with Crippen LogP contribution in [0.5, 0.6) is 0 Å². The first-order chi connectivity index (χ1) is 13.3. The number of amides is 1. The maximum Gasteiger partial charge on any atom is 0.416 e. The molecule has 0 aliphatic carbocycles. The van der Waals surface area contributed by atoms with Gasteiger partial charge < -0.3 is 5.32 Å². The third-order valence-electron chi connectivity index (χ3n) is 4.65. The van der Waals surface area contributed by atoms with Gasteiger partial charge in [0.15, 0.2) is 0 Å². The van der Waals surface area contributed by atoms with Gasteiger partial charge in [0.05, 0.1) is 22.8 Å². The number of alkyl halides is 3. The van der Waals surface area contributed by atoms with Gasteiger partial charge in [-0.1, -0.05) is 41.9 Å². The Balaban J connectivity index is 1.50. The molecule has 1 amide bonds. The predicted molar refractivity (Wildman–Crippen MR) is 103 cm³/mol. The van der Waals surface area contributed by atoms with Crippen molar-refractivity contribution in [2.24, 2.45) is 0 Å². The van der Waals surface area contributed by atoms with Crippen molar-refractivity contribution in [1.29, 1.82) is 0 Å². The molecule has 1 aliphatic rings. The minimum Gasteiger partial charge on any atom is -0.324 e. The van der Waals surface area contributed by atoms with E-state index in [0.29, 0.717) is 0 Å². The summed E-state index contributed by atoms with van der Waals surface area (Å²) in [5.74, 6) is -0.377. The Morgan fingerprint density at radius 1 is 1.00 bits per heavy atom. The molecule has 1 N–H and O–H groups in total. The van der Waals surface area contributed by atoms with E-state index < -0.39 is 11.7 Å². The standard InChI is InChI=1S/C20H21ClF3N3O/c21-17-7-6-16(20(22,23)24)12-18(17)25-19(28)14-27-10-8-26(9-11-27)13-15-4-2-1-3-5-15/h1-7,12H,8-11,13-14H2,(H,25,28). The van der Waals surface area contributed by atoms with E-state index in [9.17, 15) is 18.0 Å². The van der Waals surface area contributed by atoms with Crippen molar-refractivity contribution in [2.75, 3.05) is 38.0 Å². The summed E-state index contributed by atoms with van der Waals surface area (Å²) in [4.78, 5) is 16.6. The van der Waals surface area contributed by atoms with Crippen molar-refractivity contribution in [3.05, 3.63) is 64.7 Å². The molecule has 1 heterocycles. The molecule has 28 heavy (non-hydrogen) atoms. The maximum absolute atomic E-state index is 12.8. The van der Waals surface area contributed by atoms with Crippen molar-refractivity contribution in [3.8, 4) is 0 Å². The third kappa shape index (κ3) is 5.70. The quantitative estimate of drug-likeness (QED) is 0.804. The number of carbonyl (C=O) groups is 1. The first-order valence-corrected chi connectivity index (χ1v) is 9.34. The first kappa shape index (κ1) is 20.6. The fraction of sp³-hybridized carbons (Fsp3) is 0.350. The summed E-state index contributed by atoms with van der Waals surface area (Å²) >= 11 is 5.93. The van der Waals surface area contributed by atoms with Crippen LogP contribution < -0.4 is 5.32 Å². The van der Waals surface area contributed by atoms with Gasteiger partial charge in [-0.05, 0) is 23.8 Å². The number of hydrogen-bond donors (Lipinski definition) is 1. The topological polar surface area (TPSA) is 35.6 Å². The molecular weight excluding hydrogens is 391 g/mol. The molecule has 1 aliphatic heterocycles. The second-order valence-corrected chi connectivity index (χ2v) is 7.19. The zero-order valence-electron chi connectivity index (χ0n) is 15.2. The number of anilines is 1. The minimum absolute atomic E-state index is 0.0239. The lowest BCUT2D eigenvalue weighted by atomic mass is 10.2. The fourth-order valence-electron chi connectivity index (χ4n) is 3.14. The molecule has 150 valence electrons. The monoisotopic (exact) mass is 411 g/mol. The number of carbonyl (C=O) groups excluding carboxylic acids is 1. The molecule has 0 bridgehead atoms. The van der Waals surface area contributed by atoms with Crippen LogP contribution in [-0.4, -0.2) is 48.4 Å². The molecular formula is C20H21ClF3N3O. The van der Waals surface area contributed by atoms with Crippen molar-refractivity contribution in [2.45, 2.75) is 12.7 Å². The van der Waals surface area contributed by atoms with Crippen LogP contribution in [-0.2, 0) is 17.5 Å². The van der Waals surface area contributed by atoms with Crippen molar-refractivity contribution in [1.82, 2.24) is 9.80 Å². The van der Waals surface area contributed by atoms with E-state index in [1.54, 1.807) is 0 Å². The molecule has 1 saturated heterocycles. The Labute approximate surface area is 166 Å². The number of nitrogens with zero attached hydrogens (tertiary/aromatic N) is 2. The molecule has 0 radical (unpaired) electrons. The molecule has 2 aromatic carbocycles. The second-order valence-electron chi connectivity index (χ2n) is 6.78. The number of hydrogen-bond acceptors (Lipinski definition) is 3. The van der Waals surface area contributed by atoms with E-state index in [1.165, 1.54) is 5.56 Å². The zero-order valence-corrected chi connectivity index (χ0v) is 15.9. The van der Waals surface area contributed by atoms with Crippen molar-refractivity contribution >= 4 is 23.2 Å². The molecule has 0 unspecified atom stereocenters. The lowest BCUT2D eigenvalue weighted by Gasteiger charge is -2.34. The van der Waals surface area contributed by atoms with Crippen molar-refractivity contribution < 1.29 is 18.0 Å². The molecule has 4 nitrogen and oxygen atoms in total. The highest BCUT2D eigenvalue weighted by Crippen LogP contribution is 2.33. The summed E-state index contributed by atoms with van der Waals surface area (Å²) in [6.07, 6.45) is -4.49. The van der Waals surface area contributed by atoms with E-state index in [4.69, 9.17) is 11.6 Å². The van der Waals surface area contributed by atoms with E-state index >= 15 is 0 Å². The van der Waals surface area contributed by atoms with E-state index in [2.05, 4.69) is 22.3 Å². The summed E-state index contributed by atoms with van der Waals surface area (Å²) < 4.78 is 38.5. The molecule has 3 rings (SSSR count). The minimum atomic E-state index is -4.49. The third-order valence-corrected chi connectivity index (χ3v) is 4.98. The van der Waals surface area contributed by atoms with Gasteiger partial charge in [-0.3, -0.25) is 14.6 Å². The number of piperazine rings is 1. The molecule has 0 atom stereocenters. The summed E-state index contributed by atoms with van der Waals surface area (Å²) in [7, 11) is 0. The lowest BCUT2D eigenvalue weighted by molar-refractivity contribution is -0.137. The Hall–Kier alpha value is -2.09.